The van der Waals surface area contributed by atoms with Gasteiger partial charge < -0.3 is 35.7 Å². The molecule has 0 aromatic rings. The molecule has 12 heteroatoms. The lowest BCUT2D eigenvalue weighted by Gasteiger charge is -2.30. The third kappa shape index (κ3) is 5.99. The zero-order valence-electron chi connectivity index (χ0n) is 14.2. The van der Waals surface area contributed by atoms with Gasteiger partial charge in [0.15, 0.2) is 5.92 Å². The van der Waals surface area contributed by atoms with Crippen LogP contribution in [0.5, 0.6) is 0 Å². The van der Waals surface area contributed by atoms with Crippen molar-refractivity contribution in [3.8, 4) is 0 Å². The highest BCUT2D eigenvalue weighted by Gasteiger charge is 2.52. The molecule has 154 valence electrons. The lowest BCUT2D eigenvalue weighted by Crippen LogP contribution is -2.51. The number of aliphatic hydroxyl groups excluding tert-OH is 7. The highest BCUT2D eigenvalue weighted by Crippen LogP contribution is 2.38. The maximum absolute atomic E-state index is 11.0. The van der Waals surface area contributed by atoms with Crippen molar-refractivity contribution in [3.05, 3.63) is 5.92 Å². The first kappa shape index (κ1) is 23.5. The largest absolute Gasteiger partial charge is 0.397 e. The van der Waals surface area contributed by atoms with Gasteiger partial charge in [0.05, 0.1) is 12.7 Å². The average Bonchev–Trinajstić information content (AvgIpc) is 2.82. The summed E-state index contributed by atoms with van der Waals surface area (Å²) < 4.78 is 35.2. The maximum atomic E-state index is 11.0. The molecule has 11 nitrogen and oxygen atoms in total. The number of hydrogen-bond donors (Lipinski definition) is 8. The van der Waals surface area contributed by atoms with Gasteiger partial charge in [-0.15, -0.1) is 0 Å². The molecule has 1 aliphatic carbocycles. The number of rotatable bonds is 10. The fourth-order valence-electron chi connectivity index (χ4n) is 3.06. The Morgan fingerprint density at radius 1 is 1.12 bits per heavy atom. The first-order chi connectivity index (χ1) is 11.9. The molecule has 0 radical (unpaired) electrons. The summed E-state index contributed by atoms with van der Waals surface area (Å²) in [4.78, 5) is 0. The van der Waals surface area contributed by atoms with Crippen LogP contribution in [0.25, 0.3) is 0 Å². The van der Waals surface area contributed by atoms with Gasteiger partial charge in [-0.1, -0.05) is 6.92 Å². The molecule has 8 atom stereocenters. The van der Waals surface area contributed by atoms with Crippen LogP contribution in [0.15, 0.2) is 0 Å². The molecule has 0 heterocycles. The van der Waals surface area contributed by atoms with Crippen molar-refractivity contribution in [2.45, 2.75) is 68.9 Å². The molecule has 0 amide bonds. The minimum absolute atomic E-state index is 0.00919. The van der Waals surface area contributed by atoms with Crippen molar-refractivity contribution in [2.24, 2.45) is 5.92 Å². The Labute approximate surface area is 151 Å². The van der Waals surface area contributed by atoms with E-state index in [1.165, 1.54) is 6.92 Å². The zero-order valence-corrected chi connectivity index (χ0v) is 15.0. The molecule has 0 saturated heterocycles. The fraction of sp³-hybridized carbons (Fsp3) is 0.929. The van der Waals surface area contributed by atoms with Crippen LogP contribution in [0.4, 0.5) is 0 Å². The summed E-state index contributed by atoms with van der Waals surface area (Å²) >= 11 is 0. The van der Waals surface area contributed by atoms with Gasteiger partial charge in [-0.2, -0.15) is 8.42 Å². The Hall–Kier alpha value is -0.540. The molecule has 0 aliphatic heterocycles. The monoisotopic (exact) mass is 403 g/mol. The van der Waals surface area contributed by atoms with Crippen LogP contribution < -0.4 is 0 Å². The lowest BCUT2D eigenvalue weighted by atomic mass is 9.87. The second kappa shape index (κ2) is 9.59. The van der Waals surface area contributed by atoms with E-state index in [1.54, 1.807) is 0 Å². The predicted octanol–water partition coefficient (Wildman–Crippen LogP) is -3.27. The van der Waals surface area contributed by atoms with E-state index in [2.05, 4.69) is 4.18 Å². The molecule has 0 aromatic carbocycles. The first-order valence-corrected chi connectivity index (χ1v) is 9.48. The molecule has 0 aromatic heterocycles. The van der Waals surface area contributed by atoms with Crippen molar-refractivity contribution < 1.29 is 52.9 Å². The molecule has 1 rings (SSSR count). The van der Waals surface area contributed by atoms with E-state index in [4.69, 9.17) is 4.55 Å². The quantitative estimate of drug-likeness (QED) is 0.134. The standard InChI is InChI=1S/C14H26O11S/c1-2-8(16)12(20)13(21)14(25-26(22,23)24)10(18)4-6-3-9(17)11(19)7(6)5-15/h7-21H,2-5H2,1H3/p+1/t7-,8+,9+,10+,11+,12-,13+,14?/m0/s1. The van der Waals surface area contributed by atoms with Gasteiger partial charge in [0.1, 0.15) is 55.4 Å². The minimum atomic E-state index is -5.12. The van der Waals surface area contributed by atoms with Crippen molar-refractivity contribution in [1.29, 1.82) is 0 Å². The molecule has 26 heavy (non-hydrogen) atoms. The Kier molecular flexibility index (Phi) is 8.67. The maximum Gasteiger partial charge on any atom is 0.397 e. The summed E-state index contributed by atoms with van der Waals surface area (Å²) in [5.74, 6) is -0.587. The summed E-state index contributed by atoms with van der Waals surface area (Å²) in [6.07, 6.45) is -12.2. The van der Waals surface area contributed by atoms with Gasteiger partial charge in [-0.05, 0) is 6.42 Å². The van der Waals surface area contributed by atoms with Gasteiger partial charge in [0, 0.05) is 0 Å². The molecular weight excluding hydrogens is 376 g/mol. The number of aliphatic hydroxyl groups is 7. The van der Waals surface area contributed by atoms with Crippen LogP contribution in [-0.4, -0.2) is 98.1 Å². The molecule has 1 saturated carbocycles. The summed E-state index contributed by atoms with van der Waals surface area (Å²) in [5.41, 5.74) is 0. The highest BCUT2D eigenvalue weighted by atomic mass is 32.3. The second-order valence-electron chi connectivity index (χ2n) is 6.43. The number of hydrogen-bond acceptors (Lipinski definition) is 10. The summed E-state index contributed by atoms with van der Waals surface area (Å²) in [6, 6.07) is 0. The summed E-state index contributed by atoms with van der Waals surface area (Å²) in [7, 11) is -5.12. The van der Waals surface area contributed by atoms with Gasteiger partial charge in [-0.25, -0.2) is 4.18 Å². The van der Waals surface area contributed by atoms with E-state index < -0.39 is 72.1 Å². The molecule has 0 spiro atoms. The molecule has 1 fully saturated rings. The van der Waals surface area contributed by atoms with E-state index in [1.807, 2.05) is 0 Å². The van der Waals surface area contributed by atoms with E-state index in [0.29, 0.717) is 5.92 Å². The molecule has 1 aliphatic rings. The van der Waals surface area contributed by atoms with E-state index in [0.717, 1.165) is 0 Å². The Bertz CT molecular complexity index is 527. The second-order valence-corrected chi connectivity index (χ2v) is 7.47. The Morgan fingerprint density at radius 3 is 2.15 bits per heavy atom. The summed E-state index contributed by atoms with van der Waals surface area (Å²) in [6.45, 7) is 0.947. The topological polar surface area (TPSA) is 205 Å². The lowest BCUT2D eigenvalue weighted by molar-refractivity contribution is -0.126. The Morgan fingerprint density at radius 2 is 1.69 bits per heavy atom. The third-order valence-corrected chi connectivity index (χ3v) is 5.05. The first-order valence-electron chi connectivity index (χ1n) is 8.12. The van der Waals surface area contributed by atoms with E-state index in [-0.39, 0.29) is 12.8 Å². The van der Waals surface area contributed by atoms with Crippen LogP contribution in [0.3, 0.4) is 0 Å². The van der Waals surface area contributed by atoms with Crippen LogP contribution in [0, 0.1) is 11.8 Å². The minimum Gasteiger partial charge on any atom is -0.392 e. The van der Waals surface area contributed by atoms with Gasteiger partial charge in [0.25, 0.3) is 0 Å². The zero-order chi connectivity index (χ0) is 20.2. The summed E-state index contributed by atoms with van der Waals surface area (Å²) in [5, 5.41) is 68.5. The van der Waals surface area contributed by atoms with Crippen LogP contribution >= 0.6 is 0 Å². The van der Waals surface area contributed by atoms with Crippen molar-refractivity contribution in [1.82, 2.24) is 0 Å². The van der Waals surface area contributed by atoms with E-state index >= 15 is 0 Å². The molecule has 8 N–H and O–H groups in total. The van der Waals surface area contributed by atoms with Crippen molar-refractivity contribution in [3.63, 3.8) is 0 Å². The molecule has 1 unspecified atom stereocenters. The molecular formula is C14H27O11S+. The fourth-order valence-corrected chi connectivity index (χ4v) is 3.58. The average molecular weight is 403 g/mol. The predicted molar refractivity (Wildman–Crippen MR) is 85.8 cm³/mol. The SMILES string of the molecule is CC[C@@H](O)[C@H](O)[C@@H](O)C(OS(=O)(=O)O)[C@H](O)C[C+]1C[C@@H](O)[C@H](O)[C@H]1CO. The van der Waals surface area contributed by atoms with Gasteiger partial charge in [0.2, 0.25) is 0 Å². The van der Waals surface area contributed by atoms with E-state index in [9.17, 15) is 44.2 Å². The van der Waals surface area contributed by atoms with Crippen LogP contribution in [-0.2, 0) is 14.6 Å². The normalized spacial score (nSPS) is 30.0. The molecule has 0 bridgehead atoms. The third-order valence-electron chi connectivity index (χ3n) is 4.58. The van der Waals surface area contributed by atoms with Gasteiger partial charge in [-0.3, -0.25) is 4.55 Å². The van der Waals surface area contributed by atoms with Crippen molar-refractivity contribution in [2.75, 3.05) is 6.61 Å². The van der Waals surface area contributed by atoms with Crippen molar-refractivity contribution >= 4 is 10.4 Å². The smallest absolute Gasteiger partial charge is 0.392 e. The van der Waals surface area contributed by atoms with Crippen LogP contribution in [0.1, 0.15) is 26.2 Å². The Balaban J connectivity index is 2.95. The van der Waals surface area contributed by atoms with Crippen LogP contribution in [0.2, 0.25) is 0 Å². The van der Waals surface area contributed by atoms with Gasteiger partial charge >= 0.3 is 10.4 Å². The highest BCUT2D eigenvalue weighted by molar-refractivity contribution is 7.80.